The third kappa shape index (κ3) is 9.81. The van der Waals surface area contributed by atoms with Crippen LogP contribution in [0.2, 0.25) is 0 Å². The lowest BCUT2D eigenvalue weighted by atomic mass is 10.0. The third-order valence-corrected chi connectivity index (χ3v) is 9.79. The van der Waals surface area contributed by atoms with Crippen molar-refractivity contribution in [3.63, 3.8) is 0 Å². The number of ether oxygens (including phenoxy) is 3. The Bertz CT molecular complexity index is 1630. The minimum atomic E-state index is -1.01. The van der Waals surface area contributed by atoms with E-state index in [1.807, 2.05) is 48.5 Å². The molecule has 50 heavy (non-hydrogen) atoms. The average Bonchev–Trinajstić information content (AvgIpc) is 3.80. The van der Waals surface area contributed by atoms with Crippen LogP contribution in [0, 0.1) is 11.8 Å². The van der Waals surface area contributed by atoms with Gasteiger partial charge in [-0.05, 0) is 78.2 Å². The number of carbonyl (C=O) groups excluding carboxylic acids is 2. The average molecular weight is 704 g/mol. The second-order valence-corrected chi connectivity index (χ2v) is 14.1. The molecule has 0 bridgehead atoms. The minimum Gasteiger partial charge on any atom is -0.478 e. The molecule has 0 spiro atoms. The largest absolute Gasteiger partial charge is 0.478 e. The van der Waals surface area contributed by atoms with E-state index in [1.165, 1.54) is 24.1 Å². The third-order valence-electron chi connectivity index (χ3n) is 8.77. The number of hydrogen-bond donors (Lipinski definition) is 4. The number of carboxylic acids is 1. The van der Waals surface area contributed by atoms with Gasteiger partial charge in [0, 0.05) is 47.8 Å². The lowest BCUT2D eigenvalue weighted by molar-refractivity contribution is -0.111. The van der Waals surface area contributed by atoms with Gasteiger partial charge in [-0.15, -0.1) is 0 Å². The van der Waals surface area contributed by atoms with Gasteiger partial charge in [0.1, 0.15) is 0 Å². The molecule has 2 fully saturated rings. The van der Waals surface area contributed by atoms with Gasteiger partial charge in [0.15, 0.2) is 6.29 Å². The molecule has 3 aromatic rings. The summed E-state index contributed by atoms with van der Waals surface area (Å²) in [4.78, 5) is 36.1. The first kappa shape index (κ1) is 37.2. The zero-order valence-electron chi connectivity index (χ0n) is 28.5. The van der Waals surface area contributed by atoms with Crippen molar-refractivity contribution in [3.05, 3.63) is 95.1 Å². The maximum absolute atomic E-state index is 12.8. The summed E-state index contributed by atoms with van der Waals surface area (Å²) in [5.74, 6) is -0.412. The number of nitrogens with one attached hydrogen (secondary N) is 2. The number of methoxy groups -OCH3 is 1. The molecule has 11 nitrogen and oxygen atoms in total. The number of carboxylic acid groups (broad SMARTS) is 1. The van der Waals surface area contributed by atoms with Crippen LogP contribution >= 0.6 is 11.9 Å². The van der Waals surface area contributed by atoms with E-state index < -0.39 is 18.1 Å². The number of amides is 2. The lowest BCUT2D eigenvalue weighted by Gasteiger charge is -2.29. The van der Waals surface area contributed by atoms with E-state index in [4.69, 9.17) is 19.3 Å². The monoisotopic (exact) mass is 703 g/mol. The Morgan fingerprint density at radius 2 is 1.86 bits per heavy atom. The van der Waals surface area contributed by atoms with E-state index in [0.29, 0.717) is 55.6 Å². The molecule has 2 amide bonds. The molecule has 0 aromatic heterocycles. The fourth-order valence-corrected chi connectivity index (χ4v) is 7.43. The Morgan fingerprint density at radius 3 is 2.54 bits per heavy atom. The summed E-state index contributed by atoms with van der Waals surface area (Å²) >= 11 is 1.49. The van der Waals surface area contributed by atoms with E-state index >= 15 is 0 Å². The van der Waals surface area contributed by atoms with Crippen molar-refractivity contribution in [1.29, 1.82) is 0 Å². The summed E-state index contributed by atoms with van der Waals surface area (Å²) in [6.07, 6.45) is 3.47. The number of nitrogens with zero attached hydrogens (tertiary/aromatic N) is 1. The van der Waals surface area contributed by atoms with Crippen molar-refractivity contribution >= 4 is 47.6 Å². The smallest absolute Gasteiger partial charge is 0.335 e. The molecule has 4 N–H and O–H groups in total. The molecule has 5 atom stereocenters. The molecule has 0 saturated carbocycles. The van der Waals surface area contributed by atoms with E-state index in [0.717, 1.165) is 34.6 Å². The summed E-state index contributed by atoms with van der Waals surface area (Å²) in [6.45, 7) is 6.77. The highest BCUT2D eigenvalue weighted by Gasteiger charge is 2.41. The number of rotatable bonds is 14. The van der Waals surface area contributed by atoms with Gasteiger partial charge in [-0.1, -0.05) is 56.3 Å². The number of aromatic carboxylic acids is 1. The SMILES string of the molecule is CC(C)CN(CC(O)C(Cc1ccccc1)NC=O)Sc1ccc2c(c1)/C(=C/c1ccc(C(=O)O)cc1)C(=O)N2.COC1COC2OCCC12. The summed E-state index contributed by atoms with van der Waals surface area (Å²) in [5, 5.41) is 25.9. The van der Waals surface area contributed by atoms with E-state index in [9.17, 15) is 19.5 Å². The Kier molecular flexibility index (Phi) is 13.2. The quantitative estimate of drug-likeness (QED) is 0.103. The zero-order chi connectivity index (χ0) is 35.6. The first-order chi connectivity index (χ1) is 24.1. The molecular weight excluding hydrogens is 658 g/mol. The van der Waals surface area contributed by atoms with Gasteiger partial charge in [0.2, 0.25) is 6.41 Å². The molecule has 0 aliphatic carbocycles. The predicted molar refractivity (Wildman–Crippen MR) is 192 cm³/mol. The summed E-state index contributed by atoms with van der Waals surface area (Å²) < 4.78 is 17.9. The van der Waals surface area contributed by atoms with Gasteiger partial charge in [-0.2, -0.15) is 0 Å². The summed E-state index contributed by atoms with van der Waals surface area (Å²) in [7, 11) is 1.73. The Hall–Kier alpha value is -4.04. The second kappa shape index (κ2) is 17.8. The van der Waals surface area contributed by atoms with Crippen LogP contribution in [0.1, 0.15) is 47.3 Å². The number of aliphatic hydroxyl groups is 1. The fourth-order valence-electron chi connectivity index (χ4n) is 6.23. The van der Waals surface area contributed by atoms with Crippen LogP contribution in [0.15, 0.2) is 77.7 Å². The van der Waals surface area contributed by atoms with Crippen LogP contribution in [0.3, 0.4) is 0 Å². The van der Waals surface area contributed by atoms with Gasteiger partial charge in [-0.25, -0.2) is 9.10 Å². The standard InChI is InChI=1S/C31H33N3O5S.C7H12O3/c1-20(2)17-34(18-29(36)28(32-19-35)15-21-6-4-3-5-7-21)40-24-12-13-27-25(16-24)26(30(37)33-27)14-22-8-10-23(11-9-22)31(38)39;1-8-6-4-10-7-5(6)2-3-9-7/h3-14,16,19-20,28-29,36H,15,17-18H2,1-2H3,(H,32,35)(H,33,37)(H,38,39);5-7H,2-4H2,1H3/b26-14-;. The summed E-state index contributed by atoms with van der Waals surface area (Å²) in [6, 6.07) is 21.4. The highest BCUT2D eigenvalue weighted by molar-refractivity contribution is 7.97. The van der Waals surface area contributed by atoms with Crippen LogP contribution in [0.25, 0.3) is 11.6 Å². The van der Waals surface area contributed by atoms with Crippen molar-refractivity contribution in [1.82, 2.24) is 9.62 Å². The van der Waals surface area contributed by atoms with E-state index in [-0.39, 0.29) is 23.9 Å². The molecule has 12 heteroatoms. The molecule has 0 radical (unpaired) electrons. The van der Waals surface area contributed by atoms with Crippen molar-refractivity contribution in [2.24, 2.45) is 11.8 Å². The van der Waals surface area contributed by atoms with Crippen LogP contribution in [0.5, 0.6) is 0 Å². The van der Waals surface area contributed by atoms with Crippen molar-refractivity contribution in [3.8, 4) is 0 Å². The summed E-state index contributed by atoms with van der Waals surface area (Å²) in [5.41, 5.74) is 3.88. The Morgan fingerprint density at radius 1 is 1.10 bits per heavy atom. The zero-order valence-corrected chi connectivity index (χ0v) is 29.3. The molecule has 2 saturated heterocycles. The number of benzene rings is 3. The van der Waals surface area contributed by atoms with Crippen molar-refractivity contribution in [2.75, 3.05) is 38.7 Å². The van der Waals surface area contributed by atoms with Gasteiger partial charge in [-0.3, -0.25) is 9.59 Å². The molecule has 266 valence electrons. The molecule has 5 unspecified atom stereocenters. The number of aliphatic hydroxyl groups excluding tert-OH is 1. The highest BCUT2D eigenvalue weighted by Crippen LogP contribution is 2.37. The Balaban J connectivity index is 0.000000412. The van der Waals surface area contributed by atoms with Crippen LogP contribution in [-0.4, -0.2) is 90.8 Å². The van der Waals surface area contributed by atoms with E-state index in [1.54, 1.807) is 25.3 Å². The van der Waals surface area contributed by atoms with Gasteiger partial charge >= 0.3 is 5.97 Å². The maximum atomic E-state index is 12.8. The molecule has 3 aliphatic heterocycles. The molecule has 3 aliphatic rings. The molecule has 6 rings (SSSR count). The number of fused-ring (bicyclic) bond motifs is 2. The number of hydrogen-bond acceptors (Lipinski definition) is 9. The van der Waals surface area contributed by atoms with E-state index in [2.05, 4.69) is 28.8 Å². The minimum absolute atomic E-state index is 0.0324. The molecule has 3 aromatic carbocycles. The van der Waals surface area contributed by atoms with Gasteiger partial charge < -0.3 is 35.1 Å². The maximum Gasteiger partial charge on any atom is 0.335 e. The second-order valence-electron chi connectivity index (χ2n) is 12.9. The normalized spacial score (nSPS) is 21.3. The number of anilines is 1. The fraction of sp³-hybridized carbons (Fsp3) is 0.395. The highest BCUT2D eigenvalue weighted by atomic mass is 32.2. The molecular formula is C38H45N3O8S. The predicted octanol–water partition coefficient (Wildman–Crippen LogP) is 4.96. The van der Waals surface area contributed by atoms with Crippen LogP contribution < -0.4 is 10.6 Å². The Labute approximate surface area is 297 Å². The van der Waals surface area contributed by atoms with Crippen molar-refractivity contribution < 1.29 is 38.8 Å². The van der Waals surface area contributed by atoms with Crippen molar-refractivity contribution in [2.45, 2.75) is 56.1 Å². The van der Waals surface area contributed by atoms with Gasteiger partial charge in [0.25, 0.3) is 5.91 Å². The first-order valence-electron chi connectivity index (χ1n) is 16.8. The molecule has 3 heterocycles. The van der Waals surface area contributed by atoms with Crippen LogP contribution in [0.4, 0.5) is 5.69 Å². The number of carbonyl (C=O) groups is 3. The first-order valence-corrected chi connectivity index (χ1v) is 17.5. The van der Waals surface area contributed by atoms with Gasteiger partial charge in [0.05, 0.1) is 37.0 Å². The van der Waals surface area contributed by atoms with Crippen LogP contribution in [-0.2, 0) is 30.2 Å². The lowest BCUT2D eigenvalue weighted by Crippen LogP contribution is -2.46. The topological polar surface area (TPSA) is 147 Å².